The summed E-state index contributed by atoms with van der Waals surface area (Å²) in [5.41, 5.74) is 19.7. The molecule has 0 aliphatic carbocycles. The number of hydrogen-bond acceptors (Lipinski definition) is 4. The molecule has 0 heterocycles. The zero-order valence-corrected chi connectivity index (χ0v) is 20.2. The minimum atomic E-state index is -0.612. The second-order valence-corrected chi connectivity index (χ2v) is 8.60. The number of nitrogen functional groups attached to an aromatic ring is 1. The first-order valence-corrected chi connectivity index (χ1v) is 11.3. The number of nitrogens with zero attached hydrogens (tertiary/aromatic N) is 1. The molecule has 176 valence electrons. The molecule has 7 nitrogen and oxygen atoms in total. The van der Waals surface area contributed by atoms with E-state index in [-0.39, 0.29) is 34.6 Å². The first kappa shape index (κ1) is 25.5. The van der Waals surface area contributed by atoms with Crippen LogP contribution in [0.15, 0.2) is 65.7 Å². The Morgan fingerprint density at radius 3 is 2.32 bits per heavy atom. The highest BCUT2D eigenvalue weighted by Gasteiger charge is 2.21. The van der Waals surface area contributed by atoms with E-state index in [9.17, 15) is 9.59 Å². The van der Waals surface area contributed by atoms with Gasteiger partial charge in [0.05, 0.1) is 26.5 Å². The summed E-state index contributed by atoms with van der Waals surface area (Å²) in [7, 11) is 0. The quantitative estimate of drug-likeness (QED) is 0.201. The molecule has 10 heteroatoms. The van der Waals surface area contributed by atoms with Crippen LogP contribution < -0.4 is 22.5 Å². The van der Waals surface area contributed by atoms with Gasteiger partial charge in [-0.05, 0) is 61.0 Å². The largest absolute Gasteiger partial charge is 0.398 e. The van der Waals surface area contributed by atoms with Gasteiger partial charge in [0.15, 0.2) is 0 Å². The van der Waals surface area contributed by atoms with Crippen molar-refractivity contribution in [1.82, 2.24) is 0 Å². The SMILES string of the molecule is NCCC(C(=O)Nc1ccc(N)c(C(N)=NC(=O)c2ccccc2Cl)c1)c1ccc(Cl)c(Cl)c1. The number of nitrogens with two attached hydrogens (primary N) is 3. The Bertz CT molecular complexity index is 1260. The number of carbonyl (C=O) groups is 2. The number of rotatable bonds is 7. The summed E-state index contributed by atoms with van der Waals surface area (Å²) in [6.07, 6.45) is 0.390. The van der Waals surface area contributed by atoms with Crippen LogP contribution in [0.2, 0.25) is 15.1 Å². The van der Waals surface area contributed by atoms with Crippen LogP contribution in [-0.2, 0) is 4.79 Å². The molecule has 0 aliphatic rings. The maximum absolute atomic E-state index is 13.1. The lowest BCUT2D eigenvalue weighted by Crippen LogP contribution is -2.24. The average molecular weight is 519 g/mol. The fourth-order valence-electron chi connectivity index (χ4n) is 3.29. The molecule has 0 radical (unpaired) electrons. The minimum absolute atomic E-state index is 0.110. The normalized spacial score (nSPS) is 12.3. The van der Waals surface area contributed by atoms with Crippen molar-refractivity contribution < 1.29 is 9.59 Å². The molecular formula is C24H22Cl3N5O2. The lowest BCUT2D eigenvalue weighted by atomic mass is 9.94. The fraction of sp³-hybridized carbons (Fsp3) is 0.125. The van der Waals surface area contributed by atoms with Gasteiger partial charge < -0.3 is 22.5 Å². The second-order valence-electron chi connectivity index (χ2n) is 7.38. The van der Waals surface area contributed by atoms with Crippen molar-refractivity contribution in [3.05, 3.63) is 92.4 Å². The molecule has 1 atom stereocenters. The smallest absolute Gasteiger partial charge is 0.280 e. The number of benzene rings is 3. The Morgan fingerprint density at radius 2 is 1.65 bits per heavy atom. The number of nitrogens with one attached hydrogen (secondary N) is 1. The maximum Gasteiger partial charge on any atom is 0.280 e. The standard InChI is InChI=1S/C24H22Cl3N5O2/c25-18-4-2-1-3-16(18)24(34)32-22(30)17-12-14(6-8-21(17)29)31-23(33)15(9-10-28)13-5-7-19(26)20(27)11-13/h1-8,11-12,15H,9-10,28-29H2,(H,31,33)(H2,30,32,34). The molecule has 3 aromatic carbocycles. The van der Waals surface area contributed by atoms with E-state index in [2.05, 4.69) is 10.3 Å². The van der Waals surface area contributed by atoms with Crippen LogP contribution in [0.25, 0.3) is 0 Å². The zero-order chi connectivity index (χ0) is 24.8. The summed E-state index contributed by atoms with van der Waals surface area (Å²) in [4.78, 5) is 29.5. The predicted molar refractivity (Wildman–Crippen MR) is 139 cm³/mol. The average Bonchev–Trinajstić information content (AvgIpc) is 2.80. The van der Waals surface area contributed by atoms with Crippen molar-refractivity contribution in [3.63, 3.8) is 0 Å². The van der Waals surface area contributed by atoms with Crippen molar-refractivity contribution in [2.24, 2.45) is 16.5 Å². The summed E-state index contributed by atoms with van der Waals surface area (Å²) in [6, 6.07) is 16.2. The Morgan fingerprint density at radius 1 is 0.912 bits per heavy atom. The topological polar surface area (TPSA) is 137 Å². The van der Waals surface area contributed by atoms with E-state index >= 15 is 0 Å². The van der Waals surface area contributed by atoms with Gasteiger partial charge in [0.25, 0.3) is 5.91 Å². The van der Waals surface area contributed by atoms with Gasteiger partial charge >= 0.3 is 0 Å². The van der Waals surface area contributed by atoms with Gasteiger partial charge in [0.1, 0.15) is 5.84 Å². The van der Waals surface area contributed by atoms with Crippen LogP contribution in [0.1, 0.15) is 33.8 Å². The van der Waals surface area contributed by atoms with Crippen LogP contribution >= 0.6 is 34.8 Å². The van der Waals surface area contributed by atoms with E-state index in [1.807, 2.05) is 0 Å². The molecule has 0 aromatic heterocycles. The molecule has 34 heavy (non-hydrogen) atoms. The number of anilines is 2. The second kappa shape index (κ2) is 11.4. The Labute approximate surface area is 211 Å². The van der Waals surface area contributed by atoms with Crippen molar-refractivity contribution >= 4 is 63.8 Å². The molecule has 0 aliphatic heterocycles. The monoisotopic (exact) mass is 517 g/mol. The van der Waals surface area contributed by atoms with E-state index in [4.69, 9.17) is 52.0 Å². The molecule has 0 saturated heterocycles. The number of halogens is 3. The molecule has 3 rings (SSSR count). The molecule has 0 spiro atoms. The van der Waals surface area contributed by atoms with Crippen LogP contribution in [-0.4, -0.2) is 24.2 Å². The molecule has 3 aromatic rings. The molecular weight excluding hydrogens is 497 g/mol. The third kappa shape index (κ3) is 6.07. The molecule has 1 unspecified atom stereocenters. The van der Waals surface area contributed by atoms with Crippen LogP contribution in [0, 0.1) is 0 Å². The number of amidine groups is 1. The van der Waals surface area contributed by atoms with Crippen LogP contribution in [0.4, 0.5) is 11.4 Å². The summed E-state index contributed by atoms with van der Waals surface area (Å²) >= 11 is 18.2. The molecule has 7 N–H and O–H groups in total. The maximum atomic E-state index is 13.1. The van der Waals surface area contributed by atoms with Crippen molar-refractivity contribution in [2.45, 2.75) is 12.3 Å². The zero-order valence-electron chi connectivity index (χ0n) is 17.9. The number of aliphatic imine (C=N–C) groups is 1. The van der Waals surface area contributed by atoms with E-state index in [1.165, 1.54) is 0 Å². The summed E-state index contributed by atoms with van der Waals surface area (Å²) < 4.78 is 0. The van der Waals surface area contributed by atoms with Crippen LogP contribution in [0.5, 0.6) is 0 Å². The van der Waals surface area contributed by atoms with Gasteiger partial charge in [-0.25, -0.2) is 0 Å². The lowest BCUT2D eigenvalue weighted by Gasteiger charge is -2.18. The summed E-state index contributed by atoms with van der Waals surface area (Å²) in [6.45, 7) is 0.287. The highest BCUT2D eigenvalue weighted by Crippen LogP contribution is 2.29. The molecule has 0 saturated carbocycles. The third-order valence-electron chi connectivity index (χ3n) is 5.04. The Kier molecular flexibility index (Phi) is 8.52. The van der Waals surface area contributed by atoms with Crippen LogP contribution in [0.3, 0.4) is 0 Å². The van der Waals surface area contributed by atoms with Gasteiger partial charge in [-0.2, -0.15) is 4.99 Å². The lowest BCUT2D eigenvalue weighted by molar-refractivity contribution is -0.117. The number of carbonyl (C=O) groups excluding carboxylic acids is 2. The van der Waals surface area contributed by atoms with E-state index in [0.717, 1.165) is 0 Å². The van der Waals surface area contributed by atoms with Crippen molar-refractivity contribution in [2.75, 3.05) is 17.6 Å². The van der Waals surface area contributed by atoms with Gasteiger partial charge in [-0.1, -0.05) is 53.0 Å². The fourth-order valence-corrected chi connectivity index (χ4v) is 3.82. The van der Waals surface area contributed by atoms with Gasteiger partial charge in [0, 0.05) is 16.9 Å². The van der Waals surface area contributed by atoms with Crippen molar-refractivity contribution in [3.8, 4) is 0 Å². The summed E-state index contributed by atoms with van der Waals surface area (Å²) in [5, 5.41) is 3.82. The number of hydrogen-bond donors (Lipinski definition) is 4. The Hall–Kier alpha value is -3.10. The summed E-state index contributed by atoms with van der Waals surface area (Å²) in [5.74, 6) is -1.59. The highest BCUT2D eigenvalue weighted by atomic mass is 35.5. The third-order valence-corrected chi connectivity index (χ3v) is 6.11. The van der Waals surface area contributed by atoms with Gasteiger partial charge in [0.2, 0.25) is 5.91 Å². The van der Waals surface area contributed by atoms with Gasteiger partial charge in [-0.3, -0.25) is 9.59 Å². The molecule has 0 bridgehead atoms. The van der Waals surface area contributed by atoms with E-state index in [1.54, 1.807) is 60.7 Å². The van der Waals surface area contributed by atoms with E-state index in [0.29, 0.717) is 33.3 Å². The first-order chi connectivity index (χ1) is 16.2. The minimum Gasteiger partial charge on any atom is -0.398 e. The van der Waals surface area contributed by atoms with Crippen molar-refractivity contribution in [1.29, 1.82) is 0 Å². The predicted octanol–water partition coefficient (Wildman–Crippen LogP) is 4.85. The molecule has 2 amide bonds. The molecule has 0 fully saturated rings. The first-order valence-electron chi connectivity index (χ1n) is 10.2. The van der Waals surface area contributed by atoms with E-state index < -0.39 is 11.8 Å². The highest BCUT2D eigenvalue weighted by molar-refractivity contribution is 6.42. The number of amides is 2. The Balaban J connectivity index is 1.86. The van der Waals surface area contributed by atoms with Gasteiger partial charge in [-0.15, -0.1) is 0 Å².